The van der Waals surface area contributed by atoms with E-state index in [9.17, 15) is 4.39 Å². The first-order chi connectivity index (χ1) is 9.51. The minimum Gasteiger partial charge on any atom is -0.287 e. The molecular weight excluding hydrogens is 253 g/mol. The Balaban J connectivity index is 2.95. The third-order valence-electron chi connectivity index (χ3n) is 3.02. The lowest BCUT2D eigenvalue weighted by molar-refractivity contribution is 0.305. The first-order valence-electron chi connectivity index (χ1n) is 6.67. The lowest BCUT2D eigenvalue weighted by atomic mass is 10.0. The second kappa shape index (κ2) is 7.58. The number of nitrogens with zero attached hydrogens (tertiary/aromatic N) is 3. The van der Waals surface area contributed by atoms with Crippen LogP contribution in [0.25, 0.3) is 0 Å². The second-order valence-corrected chi connectivity index (χ2v) is 4.66. The molecule has 0 bridgehead atoms. The van der Waals surface area contributed by atoms with Crippen molar-refractivity contribution in [3.05, 3.63) is 46.9 Å². The van der Waals surface area contributed by atoms with Gasteiger partial charge in [0.25, 0.3) is 0 Å². The van der Waals surface area contributed by atoms with Gasteiger partial charge in [0.1, 0.15) is 5.82 Å². The lowest BCUT2D eigenvalue weighted by Gasteiger charge is -2.20. The van der Waals surface area contributed by atoms with Crippen LogP contribution in [0.5, 0.6) is 0 Å². The molecule has 0 spiro atoms. The summed E-state index contributed by atoms with van der Waals surface area (Å²) in [6.45, 7) is 14.1. The van der Waals surface area contributed by atoms with E-state index < -0.39 is 0 Å². The van der Waals surface area contributed by atoms with Gasteiger partial charge in [-0.1, -0.05) is 19.6 Å². The van der Waals surface area contributed by atoms with Gasteiger partial charge < -0.3 is 0 Å². The maximum Gasteiger partial charge on any atom is 0.126 e. The minimum atomic E-state index is -0.156. The Morgan fingerprint density at radius 2 is 2.15 bits per heavy atom. The van der Waals surface area contributed by atoms with E-state index in [4.69, 9.17) is 0 Å². The highest BCUT2D eigenvalue weighted by atomic mass is 19.1. The molecule has 0 heterocycles. The van der Waals surface area contributed by atoms with Gasteiger partial charge in [0.2, 0.25) is 0 Å². The van der Waals surface area contributed by atoms with E-state index in [1.165, 1.54) is 0 Å². The standard InChI is InChI=1S/C16H22FN3/c1-6-15-14(8-12(3)9-16(15)17)11-20(18-5)10-13(4)19-7-2/h7-9H,4-6,10-11H2,1-3H3/b19-7-. The van der Waals surface area contributed by atoms with E-state index in [0.29, 0.717) is 25.2 Å². The summed E-state index contributed by atoms with van der Waals surface area (Å²) >= 11 is 0. The molecule has 108 valence electrons. The van der Waals surface area contributed by atoms with E-state index >= 15 is 0 Å². The fraction of sp³-hybridized carbons (Fsp3) is 0.375. The molecule has 0 N–H and O–H groups in total. The predicted octanol–water partition coefficient (Wildman–Crippen LogP) is 3.72. The molecule has 0 saturated carbocycles. The van der Waals surface area contributed by atoms with Crippen molar-refractivity contribution in [2.24, 2.45) is 10.1 Å². The van der Waals surface area contributed by atoms with Gasteiger partial charge >= 0.3 is 0 Å². The summed E-state index contributed by atoms with van der Waals surface area (Å²) < 4.78 is 13.9. The van der Waals surface area contributed by atoms with Gasteiger partial charge in [0.05, 0.1) is 18.8 Å². The van der Waals surface area contributed by atoms with Crippen LogP contribution in [-0.2, 0) is 13.0 Å². The summed E-state index contributed by atoms with van der Waals surface area (Å²) in [4.78, 5) is 4.11. The largest absolute Gasteiger partial charge is 0.287 e. The molecule has 0 atom stereocenters. The molecule has 0 saturated heterocycles. The highest BCUT2D eigenvalue weighted by Gasteiger charge is 2.11. The Morgan fingerprint density at radius 3 is 2.70 bits per heavy atom. The molecular formula is C16H22FN3. The Hall–Kier alpha value is -1.97. The molecule has 0 unspecified atom stereocenters. The van der Waals surface area contributed by atoms with Gasteiger partial charge in [-0.05, 0) is 43.0 Å². The molecule has 20 heavy (non-hydrogen) atoms. The third kappa shape index (κ3) is 4.30. The summed E-state index contributed by atoms with van der Waals surface area (Å²) in [5.41, 5.74) is 3.27. The molecule has 1 aromatic rings. The summed E-state index contributed by atoms with van der Waals surface area (Å²) in [5.74, 6) is -0.156. The molecule has 0 aliphatic carbocycles. The molecule has 4 heteroatoms. The molecule has 0 fully saturated rings. The van der Waals surface area contributed by atoms with Crippen LogP contribution in [0.15, 0.2) is 34.5 Å². The smallest absolute Gasteiger partial charge is 0.126 e. The molecule has 0 aliphatic rings. The first-order valence-corrected chi connectivity index (χ1v) is 6.67. The Kier molecular flexibility index (Phi) is 6.10. The summed E-state index contributed by atoms with van der Waals surface area (Å²) in [6.07, 6.45) is 2.34. The fourth-order valence-corrected chi connectivity index (χ4v) is 2.17. The van der Waals surface area contributed by atoms with Crippen molar-refractivity contribution in [2.75, 3.05) is 6.54 Å². The second-order valence-electron chi connectivity index (χ2n) is 4.66. The molecule has 1 aromatic carbocycles. The van der Waals surface area contributed by atoms with E-state index in [0.717, 1.165) is 16.7 Å². The van der Waals surface area contributed by atoms with Crippen molar-refractivity contribution < 1.29 is 4.39 Å². The quantitative estimate of drug-likeness (QED) is 0.550. The van der Waals surface area contributed by atoms with Crippen molar-refractivity contribution in [3.63, 3.8) is 0 Å². The highest BCUT2D eigenvalue weighted by Crippen LogP contribution is 2.19. The van der Waals surface area contributed by atoms with Crippen molar-refractivity contribution in [1.29, 1.82) is 0 Å². The van der Waals surface area contributed by atoms with Crippen molar-refractivity contribution in [3.8, 4) is 0 Å². The van der Waals surface area contributed by atoms with Crippen LogP contribution < -0.4 is 0 Å². The first kappa shape index (κ1) is 16.1. The van der Waals surface area contributed by atoms with Crippen LogP contribution in [0.3, 0.4) is 0 Å². The monoisotopic (exact) mass is 275 g/mol. The van der Waals surface area contributed by atoms with Crippen molar-refractivity contribution in [1.82, 2.24) is 5.01 Å². The average molecular weight is 275 g/mol. The van der Waals surface area contributed by atoms with Gasteiger partial charge in [-0.3, -0.25) is 10.0 Å². The van der Waals surface area contributed by atoms with Gasteiger partial charge in [-0.2, -0.15) is 5.10 Å². The van der Waals surface area contributed by atoms with E-state index in [1.807, 2.05) is 26.8 Å². The number of hydrogen-bond donors (Lipinski definition) is 0. The zero-order chi connectivity index (χ0) is 15.1. The highest BCUT2D eigenvalue weighted by molar-refractivity contribution is 5.55. The normalized spacial score (nSPS) is 10.8. The zero-order valence-corrected chi connectivity index (χ0v) is 12.5. The van der Waals surface area contributed by atoms with Crippen LogP contribution in [0, 0.1) is 12.7 Å². The SMILES string of the molecule is C=NN(CC(=C)/N=C\C)Cc1cc(C)cc(F)c1CC. The van der Waals surface area contributed by atoms with E-state index in [-0.39, 0.29) is 5.82 Å². The van der Waals surface area contributed by atoms with Crippen LogP contribution >= 0.6 is 0 Å². The molecule has 0 aromatic heterocycles. The van der Waals surface area contributed by atoms with Crippen molar-refractivity contribution in [2.45, 2.75) is 33.7 Å². The van der Waals surface area contributed by atoms with Crippen LogP contribution in [0.2, 0.25) is 0 Å². The maximum absolute atomic E-state index is 13.9. The summed E-state index contributed by atoms with van der Waals surface area (Å²) in [6, 6.07) is 3.56. The predicted molar refractivity (Wildman–Crippen MR) is 83.8 cm³/mol. The Morgan fingerprint density at radius 1 is 1.45 bits per heavy atom. The summed E-state index contributed by atoms with van der Waals surface area (Å²) in [5, 5.41) is 5.71. The number of hydrazone groups is 1. The van der Waals surface area contributed by atoms with Crippen LogP contribution in [0.4, 0.5) is 4.39 Å². The molecule has 0 radical (unpaired) electrons. The van der Waals surface area contributed by atoms with Gasteiger partial charge in [-0.15, -0.1) is 0 Å². The van der Waals surface area contributed by atoms with Crippen LogP contribution in [-0.4, -0.2) is 24.5 Å². The number of halogens is 1. The molecule has 1 rings (SSSR count). The molecule has 0 aliphatic heterocycles. The number of hydrogen-bond acceptors (Lipinski definition) is 3. The lowest BCUT2D eigenvalue weighted by Crippen LogP contribution is -2.20. The van der Waals surface area contributed by atoms with Gasteiger partial charge in [-0.25, -0.2) is 4.39 Å². The maximum atomic E-state index is 13.9. The van der Waals surface area contributed by atoms with Gasteiger partial charge in [0.15, 0.2) is 0 Å². The van der Waals surface area contributed by atoms with Crippen molar-refractivity contribution >= 4 is 12.9 Å². The van der Waals surface area contributed by atoms with Crippen LogP contribution in [0.1, 0.15) is 30.5 Å². The number of rotatable bonds is 7. The molecule has 0 amide bonds. The average Bonchev–Trinajstić information content (AvgIpc) is 2.37. The number of aryl methyl sites for hydroxylation is 1. The van der Waals surface area contributed by atoms with E-state index in [1.54, 1.807) is 17.3 Å². The summed E-state index contributed by atoms with van der Waals surface area (Å²) in [7, 11) is 0. The topological polar surface area (TPSA) is 28.0 Å². The minimum absolute atomic E-state index is 0.156. The Labute approximate surface area is 120 Å². The third-order valence-corrected chi connectivity index (χ3v) is 3.02. The number of aliphatic imine (C=N–C) groups is 1. The Bertz CT molecular complexity index is 521. The van der Waals surface area contributed by atoms with Gasteiger partial charge in [0, 0.05) is 12.9 Å². The molecule has 3 nitrogen and oxygen atoms in total. The number of benzene rings is 1. The van der Waals surface area contributed by atoms with E-state index in [2.05, 4.69) is 23.4 Å². The zero-order valence-electron chi connectivity index (χ0n) is 12.5. The fourth-order valence-electron chi connectivity index (χ4n) is 2.17.